The highest BCUT2D eigenvalue weighted by Gasteiger charge is 2.57. The Morgan fingerprint density at radius 3 is 2.30 bits per heavy atom. The number of carboxylic acids is 1. The van der Waals surface area contributed by atoms with Gasteiger partial charge in [0.2, 0.25) is 5.91 Å². The summed E-state index contributed by atoms with van der Waals surface area (Å²) in [5.74, 6) is -6.48. The first-order valence-corrected chi connectivity index (χ1v) is 10.5. The normalized spacial score (nSPS) is 17.4. The van der Waals surface area contributed by atoms with Crippen molar-refractivity contribution in [2.45, 2.75) is 50.6 Å². The fourth-order valence-corrected chi connectivity index (χ4v) is 3.10. The lowest BCUT2D eigenvalue weighted by Crippen LogP contribution is -2.25. The molecule has 0 saturated heterocycles. The van der Waals surface area contributed by atoms with E-state index in [2.05, 4.69) is 5.32 Å². The molecular formula is C23H23ClF5NO3. The third kappa shape index (κ3) is 8.64. The molecule has 1 saturated carbocycles. The molecule has 0 bridgehead atoms. The molecule has 180 valence electrons. The van der Waals surface area contributed by atoms with Crippen molar-refractivity contribution in [3.8, 4) is 0 Å². The van der Waals surface area contributed by atoms with Gasteiger partial charge >= 0.3 is 12.1 Å². The number of alkyl halides is 5. The molecule has 1 fully saturated rings. The van der Waals surface area contributed by atoms with Crippen molar-refractivity contribution in [1.29, 1.82) is 0 Å². The summed E-state index contributed by atoms with van der Waals surface area (Å²) in [5, 5.41) is 11.1. The van der Waals surface area contributed by atoms with E-state index in [-0.39, 0.29) is 30.0 Å². The summed E-state index contributed by atoms with van der Waals surface area (Å²) < 4.78 is 62.2. The van der Waals surface area contributed by atoms with Crippen molar-refractivity contribution in [2.75, 3.05) is 5.32 Å². The van der Waals surface area contributed by atoms with Crippen LogP contribution in [0.15, 0.2) is 48.5 Å². The van der Waals surface area contributed by atoms with Crippen LogP contribution in [0.4, 0.5) is 27.6 Å². The molecule has 1 aliphatic carbocycles. The minimum atomic E-state index is -4.44. The molecule has 0 aliphatic heterocycles. The average Bonchev–Trinajstić information content (AvgIpc) is 3.37. The molecule has 2 aromatic carbocycles. The Bertz CT molecular complexity index is 966. The van der Waals surface area contributed by atoms with E-state index < -0.39 is 42.2 Å². The van der Waals surface area contributed by atoms with Crippen LogP contribution in [0.5, 0.6) is 0 Å². The molecule has 3 rings (SSSR count). The molecule has 1 amide bonds. The van der Waals surface area contributed by atoms with Gasteiger partial charge in [0.1, 0.15) is 0 Å². The zero-order chi connectivity index (χ0) is 24.8. The van der Waals surface area contributed by atoms with E-state index in [0.29, 0.717) is 5.56 Å². The topological polar surface area (TPSA) is 66.4 Å². The first-order chi connectivity index (χ1) is 15.3. The third-order valence-corrected chi connectivity index (χ3v) is 5.34. The van der Waals surface area contributed by atoms with Gasteiger partial charge in [-0.2, -0.15) is 13.2 Å². The Balaban J connectivity index is 0.000000288. The maximum absolute atomic E-state index is 12.5. The zero-order valence-corrected chi connectivity index (χ0v) is 18.4. The van der Waals surface area contributed by atoms with Crippen molar-refractivity contribution < 1.29 is 36.6 Å². The second kappa shape index (κ2) is 11.0. The van der Waals surface area contributed by atoms with Crippen LogP contribution in [0, 0.1) is 5.92 Å². The predicted octanol–water partition coefficient (Wildman–Crippen LogP) is 6.69. The summed E-state index contributed by atoms with van der Waals surface area (Å²) in [7, 11) is 0. The van der Waals surface area contributed by atoms with Gasteiger partial charge in [0.15, 0.2) is 0 Å². The first kappa shape index (κ1) is 26.6. The number of hydrogen-bond donors (Lipinski definition) is 2. The molecule has 2 atom stereocenters. The highest BCUT2D eigenvalue weighted by atomic mass is 35.5. The lowest BCUT2D eigenvalue weighted by Gasteiger charge is -2.15. The lowest BCUT2D eigenvalue weighted by atomic mass is 10.1. The maximum Gasteiger partial charge on any atom is 0.392 e. The van der Waals surface area contributed by atoms with Crippen LogP contribution in [0.2, 0.25) is 5.02 Å². The van der Waals surface area contributed by atoms with Crippen molar-refractivity contribution >= 4 is 29.2 Å². The van der Waals surface area contributed by atoms with Gasteiger partial charge in [-0.1, -0.05) is 54.9 Å². The van der Waals surface area contributed by atoms with Crippen molar-refractivity contribution in [1.82, 2.24) is 0 Å². The van der Waals surface area contributed by atoms with Crippen molar-refractivity contribution in [3.05, 3.63) is 64.7 Å². The van der Waals surface area contributed by atoms with Crippen LogP contribution in [0.25, 0.3) is 0 Å². The quantitative estimate of drug-likeness (QED) is 0.424. The fourth-order valence-electron chi connectivity index (χ4n) is 2.93. The van der Waals surface area contributed by atoms with Gasteiger partial charge in [0.05, 0.1) is 22.5 Å². The molecule has 4 nitrogen and oxygen atoms in total. The molecule has 0 aromatic heterocycles. The third-order valence-electron chi connectivity index (χ3n) is 5.01. The smallest absolute Gasteiger partial charge is 0.392 e. The average molecular weight is 492 g/mol. The van der Waals surface area contributed by atoms with E-state index in [1.807, 2.05) is 6.07 Å². The minimum absolute atomic E-state index is 0.0248. The second-order valence-electron chi connectivity index (χ2n) is 7.83. The van der Waals surface area contributed by atoms with E-state index in [4.69, 9.17) is 16.7 Å². The number of aliphatic carboxylic acids is 1. The molecule has 2 aromatic rings. The van der Waals surface area contributed by atoms with Gasteiger partial charge in [-0.3, -0.25) is 9.59 Å². The number of aryl methyl sites for hydroxylation is 1. The van der Waals surface area contributed by atoms with Gasteiger partial charge < -0.3 is 10.4 Å². The molecule has 0 radical (unpaired) electrons. The van der Waals surface area contributed by atoms with E-state index in [1.165, 1.54) is 12.1 Å². The van der Waals surface area contributed by atoms with E-state index in [0.717, 1.165) is 12.5 Å². The largest absolute Gasteiger partial charge is 0.481 e. The standard InChI is InChI=1S/C14H15ClF3NO3.C9H8F2/c1-8(14(16,17)18)6-12(20)19-11-7-9(2-4-10(11)15)3-5-13(21)22;10-9(11)6-8(9)7-4-2-1-3-5-7/h2,4,7-8H,3,5-6H2,1H3,(H,19,20)(H,21,22);1-5,8H,6H2/t8-;/m1./s1. The molecule has 33 heavy (non-hydrogen) atoms. The number of carbonyl (C=O) groups is 2. The number of hydrogen-bond acceptors (Lipinski definition) is 2. The van der Waals surface area contributed by atoms with Crippen LogP contribution in [-0.2, 0) is 16.0 Å². The molecule has 1 unspecified atom stereocenters. The molecule has 1 aliphatic rings. The summed E-state index contributed by atoms with van der Waals surface area (Å²) in [4.78, 5) is 22.2. The van der Waals surface area contributed by atoms with E-state index in [9.17, 15) is 31.5 Å². The molecule has 0 heterocycles. The molecule has 0 spiro atoms. The van der Waals surface area contributed by atoms with Crippen LogP contribution < -0.4 is 5.32 Å². The first-order valence-electron chi connectivity index (χ1n) is 10.1. The summed E-state index contributed by atoms with van der Waals surface area (Å²) in [6, 6.07) is 13.5. The summed E-state index contributed by atoms with van der Waals surface area (Å²) in [6.07, 6.45) is -4.99. The Morgan fingerprint density at radius 2 is 1.79 bits per heavy atom. The van der Waals surface area contributed by atoms with Crippen LogP contribution in [-0.4, -0.2) is 29.1 Å². The van der Waals surface area contributed by atoms with Crippen LogP contribution in [0.1, 0.15) is 43.2 Å². The van der Waals surface area contributed by atoms with Gasteiger partial charge in [0.25, 0.3) is 5.92 Å². The number of benzene rings is 2. The molecule has 10 heteroatoms. The zero-order valence-electron chi connectivity index (χ0n) is 17.6. The van der Waals surface area contributed by atoms with Crippen molar-refractivity contribution in [3.63, 3.8) is 0 Å². The predicted molar refractivity (Wildman–Crippen MR) is 115 cm³/mol. The number of carbonyl (C=O) groups excluding carboxylic acids is 1. The number of rotatable bonds is 7. The number of nitrogens with one attached hydrogen (secondary N) is 1. The Labute approximate surface area is 192 Å². The molecule has 2 N–H and O–H groups in total. The summed E-state index contributed by atoms with van der Waals surface area (Å²) >= 11 is 5.88. The van der Waals surface area contributed by atoms with Gasteiger partial charge in [-0.25, -0.2) is 8.78 Å². The number of carboxylic acid groups (broad SMARTS) is 1. The number of anilines is 1. The summed E-state index contributed by atoms with van der Waals surface area (Å²) in [6.45, 7) is 0.921. The van der Waals surface area contributed by atoms with Gasteiger partial charge in [-0.05, 0) is 29.7 Å². The minimum Gasteiger partial charge on any atom is -0.481 e. The highest BCUT2D eigenvalue weighted by Crippen LogP contribution is 2.55. The maximum atomic E-state index is 12.5. The number of halogens is 6. The fraction of sp³-hybridized carbons (Fsp3) is 0.391. The van der Waals surface area contributed by atoms with Crippen molar-refractivity contribution in [2.24, 2.45) is 5.92 Å². The van der Waals surface area contributed by atoms with Gasteiger partial charge in [0, 0.05) is 19.3 Å². The molecular weight excluding hydrogens is 469 g/mol. The summed E-state index contributed by atoms with van der Waals surface area (Å²) in [5.41, 5.74) is 1.55. The van der Waals surface area contributed by atoms with Crippen LogP contribution >= 0.6 is 11.6 Å². The second-order valence-corrected chi connectivity index (χ2v) is 8.24. The van der Waals surface area contributed by atoms with Gasteiger partial charge in [-0.15, -0.1) is 0 Å². The highest BCUT2D eigenvalue weighted by molar-refractivity contribution is 6.33. The Hall–Kier alpha value is -2.68. The SMILES string of the molecule is C[C@H](CC(=O)Nc1cc(CCC(=O)O)ccc1Cl)C(F)(F)F.FC1(F)CC1c1ccccc1. The monoisotopic (exact) mass is 491 g/mol. The Morgan fingerprint density at radius 1 is 1.18 bits per heavy atom. The van der Waals surface area contributed by atoms with E-state index in [1.54, 1.807) is 30.3 Å². The Kier molecular flexibility index (Phi) is 8.82. The van der Waals surface area contributed by atoms with Crippen LogP contribution in [0.3, 0.4) is 0 Å². The van der Waals surface area contributed by atoms with E-state index >= 15 is 0 Å². The lowest BCUT2D eigenvalue weighted by molar-refractivity contribution is -0.173. The number of amides is 1.